The molecule has 3 N–H and O–H groups in total. The van der Waals surface area contributed by atoms with Crippen LogP contribution in [0.1, 0.15) is 28.3 Å². The highest BCUT2D eigenvalue weighted by Crippen LogP contribution is 2.30. The number of aryl methyl sites for hydroxylation is 1. The topological polar surface area (TPSA) is 74.2 Å². The van der Waals surface area contributed by atoms with Gasteiger partial charge in [-0.2, -0.15) is 0 Å². The molecule has 3 rings (SSSR count). The highest BCUT2D eigenvalue weighted by molar-refractivity contribution is 5.74. The van der Waals surface area contributed by atoms with Crippen LogP contribution in [-0.4, -0.2) is 28.8 Å². The van der Waals surface area contributed by atoms with Crippen molar-refractivity contribution in [2.45, 2.75) is 31.9 Å². The Bertz CT molecular complexity index is 702. The quantitative estimate of drug-likeness (QED) is 0.807. The number of rotatable bonds is 4. The van der Waals surface area contributed by atoms with E-state index in [4.69, 9.17) is 0 Å². The van der Waals surface area contributed by atoms with Crippen LogP contribution < -0.4 is 10.6 Å². The molecule has 2 aromatic rings. The molecule has 0 aliphatic heterocycles. The Morgan fingerprint density at radius 3 is 3.00 bits per heavy atom. The lowest BCUT2D eigenvalue weighted by Crippen LogP contribution is -2.41. The normalized spacial score (nSPS) is 19.2. The van der Waals surface area contributed by atoms with Crippen LogP contribution in [0, 0.1) is 6.92 Å². The first-order valence-electron chi connectivity index (χ1n) is 7.85. The van der Waals surface area contributed by atoms with Crippen molar-refractivity contribution in [2.24, 2.45) is 0 Å². The van der Waals surface area contributed by atoms with Crippen molar-refractivity contribution in [1.82, 2.24) is 15.6 Å². The van der Waals surface area contributed by atoms with Gasteiger partial charge in [0, 0.05) is 25.4 Å². The zero-order valence-corrected chi connectivity index (χ0v) is 13.1. The number of amides is 2. The first-order chi connectivity index (χ1) is 11.1. The summed E-state index contributed by atoms with van der Waals surface area (Å²) in [5.74, 6) is 0. The van der Waals surface area contributed by atoms with E-state index in [1.165, 1.54) is 5.56 Å². The monoisotopic (exact) mass is 311 g/mol. The van der Waals surface area contributed by atoms with Crippen molar-refractivity contribution in [3.8, 4) is 0 Å². The highest BCUT2D eigenvalue weighted by atomic mass is 16.3. The molecule has 1 heterocycles. The fourth-order valence-electron chi connectivity index (χ4n) is 3.03. The number of aliphatic hydroxyl groups is 1. The van der Waals surface area contributed by atoms with Gasteiger partial charge in [0.05, 0.1) is 12.1 Å². The predicted molar refractivity (Wildman–Crippen MR) is 88.1 cm³/mol. The molecule has 1 aliphatic rings. The average molecular weight is 311 g/mol. The van der Waals surface area contributed by atoms with Crippen LogP contribution in [0.5, 0.6) is 0 Å². The number of fused-ring (bicyclic) bond motifs is 1. The molecule has 5 nitrogen and oxygen atoms in total. The number of benzene rings is 1. The van der Waals surface area contributed by atoms with Gasteiger partial charge >= 0.3 is 6.03 Å². The molecule has 0 radical (unpaired) electrons. The van der Waals surface area contributed by atoms with Crippen molar-refractivity contribution in [2.75, 3.05) is 6.54 Å². The highest BCUT2D eigenvalue weighted by Gasteiger charge is 2.31. The van der Waals surface area contributed by atoms with Crippen LogP contribution in [0.4, 0.5) is 4.79 Å². The molecular weight excluding hydrogens is 290 g/mol. The van der Waals surface area contributed by atoms with Crippen molar-refractivity contribution in [1.29, 1.82) is 0 Å². The molecule has 1 aromatic heterocycles. The third-order valence-corrected chi connectivity index (χ3v) is 4.31. The number of carbonyl (C=O) groups is 1. The fourth-order valence-corrected chi connectivity index (χ4v) is 3.03. The summed E-state index contributed by atoms with van der Waals surface area (Å²) in [6.45, 7) is 2.55. The second-order valence-electron chi connectivity index (χ2n) is 5.90. The van der Waals surface area contributed by atoms with E-state index < -0.39 is 6.10 Å². The molecule has 1 aliphatic carbocycles. The van der Waals surface area contributed by atoms with Crippen LogP contribution in [0.3, 0.4) is 0 Å². The lowest BCUT2D eigenvalue weighted by Gasteiger charge is -2.18. The Morgan fingerprint density at radius 2 is 2.17 bits per heavy atom. The molecule has 0 spiro atoms. The van der Waals surface area contributed by atoms with Crippen molar-refractivity contribution < 1.29 is 9.90 Å². The maximum absolute atomic E-state index is 12.1. The Labute approximate surface area is 135 Å². The molecule has 0 fully saturated rings. The number of pyridine rings is 1. The maximum Gasteiger partial charge on any atom is 0.315 e. The lowest BCUT2D eigenvalue weighted by molar-refractivity contribution is 0.142. The largest absolute Gasteiger partial charge is 0.390 e. The van der Waals surface area contributed by atoms with Crippen molar-refractivity contribution >= 4 is 6.03 Å². The van der Waals surface area contributed by atoms with Gasteiger partial charge in [0.2, 0.25) is 0 Å². The number of aliphatic hydroxyl groups excluding tert-OH is 1. The second kappa shape index (κ2) is 6.79. The second-order valence-corrected chi connectivity index (χ2v) is 5.90. The Kier molecular flexibility index (Phi) is 4.57. The van der Waals surface area contributed by atoms with Crippen LogP contribution in [0.15, 0.2) is 42.7 Å². The SMILES string of the molecule is Cc1cnccc1CCNC(=O)NC1c2ccccc2CC1O. The minimum atomic E-state index is -0.569. The number of nitrogens with one attached hydrogen (secondary N) is 2. The summed E-state index contributed by atoms with van der Waals surface area (Å²) in [5.41, 5.74) is 4.39. The van der Waals surface area contributed by atoms with E-state index in [0.29, 0.717) is 13.0 Å². The minimum Gasteiger partial charge on any atom is -0.390 e. The summed E-state index contributed by atoms with van der Waals surface area (Å²) in [6, 6.07) is 9.19. The summed E-state index contributed by atoms with van der Waals surface area (Å²) in [4.78, 5) is 16.1. The number of aromatic nitrogens is 1. The minimum absolute atomic E-state index is 0.252. The van der Waals surface area contributed by atoms with E-state index in [9.17, 15) is 9.90 Å². The molecule has 120 valence electrons. The van der Waals surface area contributed by atoms with Crippen LogP contribution in [0.25, 0.3) is 0 Å². The van der Waals surface area contributed by atoms with Gasteiger partial charge in [-0.1, -0.05) is 24.3 Å². The van der Waals surface area contributed by atoms with E-state index in [-0.39, 0.29) is 12.1 Å². The van der Waals surface area contributed by atoms with Crippen LogP contribution in [-0.2, 0) is 12.8 Å². The van der Waals surface area contributed by atoms with Crippen molar-refractivity contribution in [3.05, 3.63) is 65.0 Å². The molecule has 1 aromatic carbocycles. The third-order valence-electron chi connectivity index (χ3n) is 4.31. The first kappa shape index (κ1) is 15.5. The summed E-state index contributed by atoms with van der Waals surface area (Å²) in [7, 11) is 0. The standard InChI is InChI=1S/C18H21N3O2/c1-12-11-19-8-6-13(12)7-9-20-18(23)21-17-15-5-3-2-4-14(15)10-16(17)22/h2-6,8,11,16-17,22H,7,9-10H2,1H3,(H2,20,21,23). The summed E-state index contributed by atoms with van der Waals surface area (Å²) >= 11 is 0. The maximum atomic E-state index is 12.1. The molecule has 5 heteroatoms. The van der Waals surface area contributed by atoms with E-state index in [1.807, 2.05) is 43.5 Å². The Morgan fingerprint density at radius 1 is 1.35 bits per heavy atom. The predicted octanol–water partition coefficient (Wildman–Crippen LogP) is 1.89. The molecule has 23 heavy (non-hydrogen) atoms. The first-order valence-corrected chi connectivity index (χ1v) is 7.85. The molecule has 2 atom stereocenters. The number of hydrogen-bond acceptors (Lipinski definition) is 3. The van der Waals surface area contributed by atoms with Gasteiger partial charge in [-0.25, -0.2) is 4.79 Å². The summed E-state index contributed by atoms with van der Waals surface area (Å²) < 4.78 is 0. The third kappa shape index (κ3) is 3.51. The smallest absolute Gasteiger partial charge is 0.315 e. The summed E-state index contributed by atoms with van der Waals surface area (Å²) in [6.07, 6.45) is 4.35. The zero-order chi connectivity index (χ0) is 16.2. The molecule has 0 saturated heterocycles. The van der Waals surface area contributed by atoms with Gasteiger partial charge in [-0.3, -0.25) is 4.98 Å². The van der Waals surface area contributed by atoms with Crippen LogP contribution >= 0.6 is 0 Å². The van der Waals surface area contributed by atoms with E-state index in [1.54, 1.807) is 6.20 Å². The van der Waals surface area contributed by atoms with Gasteiger partial charge in [-0.15, -0.1) is 0 Å². The molecule has 2 amide bonds. The Hall–Kier alpha value is -2.40. The fraction of sp³-hybridized carbons (Fsp3) is 0.333. The molecule has 0 bridgehead atoms. The molecular formula is C18H21N3O2. The zero-order valence-electron chi connectivity index (χ0n) is 13.1. The van der Waals surface area contributed by atoms with E-state index >= 15 is 0 Å². The number of hydrogen-bond donors (Lipinski definition) is 3. The number of urea groups is 1. The molecule has 2 unspecified atom stereocenters. The average Bonchev–Trinajstić information content (AvgIpc) is 2.85. The Balaban J connectivity index is 1.53. The van der Waals surface area contributed by atoms with Crippen molar-refractivity contribution in [3.63, 3.8) is 0 Å². The lowest BCUT2D eigenvalue weighted by atomic mass is 10.1. The summed E-state index contributed by atoms with van der Waals surface area (Å²) in [5, 5.41) is 15.9. The van der Waals surface area contributed by atoms with E-state index in [0.717, 1.165) is 23.1 Å². The van der Waals surface area contributed by atoms with E-state index in [2.05, 4.69) is 15.6 Å². The van der Waals surface area contributed by atoms with Gasteiger partial charge in [0.15, 0.2) is 0 Å². The van der Waals surface area contributed by atoms with Gasteiger partial charge in [0.25, 0.3) is 0 Å². The number of carbonyl (C=O) groups excluding carboxylic acids is 1. The van der Waals surface area contributed by atoms with Gasteiger partial charge in [-0.05, 0) is 41.7 Å². The van der Waals surface area contributed by atoms with Gasteiger partial charge < -0.3 is 15.7 Å². The van der Waals surface area contributed by atoms with Gasteiger partial charge in [0.1, 0.15) is 0 Å². The van der Waals surface area contributed by atoms with Crippen LogP contribution in [0.2, 0.25) is 0 Å². The molecule has 0 saturated carbocycles. The number of nitrogens with zero attached hydrogens (tertiary/aromatic N) is 1.